The first-order valence-corrected chi connectivity index (χ1v) is 20.6. The summed E-state index contributed by atoms with van der Waals surface area (Å²) >= 11 is 0. The normalized spacial score (nSPS) is 18.3. The highest BCUT2D eigenvalue weighted by Crippen LogP contribution is 2.35. The Kier molecular flexibility index (Phi) is 12.5. The number of imide groups is 1. The summed E-state index contributed by atoms with van der Waals surface area (Å²) in [4.78, 5) is 44.3. The smallest absolute Gasteiger partial charge is 0.284 e. The molecule has 2 aromatic carbocycles. The number of aromatic nitrogens is 5. The van der Waals surface area contributed by atoms with Crippen LogP contribution in [0.2, 0.25) is 0 Å². The second kappa shape index (κ2) is 18.5. The lowest BCUT2D eigenvalue weighted by atomic mass is 9.86. The summed E-state index contributed by atoms with van der Waals surface area (Å²) in [6.07, 6.45) is 11.0. The molecule has 59 heavy (non-hydrogen) atoms. The molecule has 16 heteroatoms. The first-order chi connectivity index (χ1) is 28.8. The topological polar surface area (TPSA) is 157 Å². The maximum absolute atomic E-state index is 14.2. The molecule has 0 spiro atoms. The van der Waals surface area contributed by atoms with Crippen molar-refractivity contribution >= 4 is 34.9 Å². The Hall–Kier alpha value is -5.74. The van der Waals surface area contributed by atoms with Crippen molar-refractivity contribution in [3.8, 4) is 11.5 Å². The molecule has 0 bridgehead atoms. The largest absolute Gasteiger partial charge is 0.457 e. The number of alkyl halides is 2. The summed E-state index contributed by atoms with van der Waals surface area (Å²) < 4.78 is 42.9. The molecular weight excluding hydrogens is 761 g/mol. The van der Waals surface area contributed by atoms with Gasteiger partial charge in [-0.1, -0.05) is 37.1 Å². The SMILES string of the molecule is O=C1Cc2cccc(Oc3ccc(CCCCCCNC[C@H]4CC[C@H](n5cc(NC(=O)c6cnn7ccc(N8CCOCC8)nc67)c(C(F)F)n5)CC4)cc3)c2C(=O)N1. The van der Waals surface area contributed by atoms with Crippen LogP contribution in [0.5, 0.6) is 11.5 Å². The van der Waals surface area contributed by atoms with E-state index in [4.69, 9.17) is 9.47 Å². The van der Waals surface area contributed by atoms with E-state index in [1.807, 2.05) is 18.2 Å². The van der Waals surface area contributed by atoms with Gasteiger partial charge in [0.25, 0.3) is 18.2 Å². The molecule has 2 fully saturated rings. The number of ether oxygens (including phenoxy) is 2. The minimum Gasteiger partial charge on any atom is -0.457 e. The van der Waals surface area contributed by atoms with E-state index in [9.17, 15) is 23.2 Å². The number of hydrogen-bond donors (Lipinski definition) is 3. The number of carbonyl (C=O) groups excluding carboxylic acids is 3. The molecule has 8 rings (SSSR count). The van der Waals surface area contributed by atoms with Gasteiger partial charge in [0, 0.05) is 25.5 Å². The van der Waals surface area contributed by atoms with E-state index >= 15 is 0 Å². The van der Waals surface area contributed by atoms with Gasteiger partial charge in [-0.15, -0.1) is 0 Å². The second-order valence-corrected chi connectivity index (χ2v) is 15.5. The van der Waals surface area contributed by atoms with Crippen LogP contribution in [0.3, 0.4) is 0 Å². The van der Waals surface area contributed by atoms with Crippen LogP contribution in [0.1, 0.15) is 101 Å². The number of benzene rings is 2. The summed E-state index contributed by atoms with van der Waals surface area (Å²) in [5.41, 5.74) is 2.41. The molecule has 1 saturated heterocycles. The molecule has 3 aromatic heterocycles. The van der Waals surface area contributed by atoms with Crippen LogP contribution in [0, 0.1) is 5.92 Å². The lowest BCUT2D eigenvalue weighted by Crippen LogP contribution is -2.37. The number of aryl methyl sites for hydroxylation is 1. The van der Waals surface area contributed by atoms with Crippen LogP contribution in [0.15, 0.2) is 67.1 Å². The summed E-state index contributed by atoms with van der Waals surface area (Å²) in [5, 5.41) is 17.2. The number of nitrogens with one attached hydrogen (secondary N) is 3. The standard InChI is InChI=1S/C43H49F2N9O5/c44-40(45)39-34(48-42(56)33-26-47-53-19-17-36(49-41(33)53)52-20-22-58-23-21-52)27-54(51-39)31-13-9-29(10-14-31)25-46-18-4-2-1-3-6-28-11-15-32(16-12-28)59-35-8-5-7-30-24-37(55)50-43(57)38(30)35/h5,7-8,11-12,15-17,19,26-27,29,31,40,46H,1-4,6,9-10,13-14,18,20-25H2,(H,48,56)(H,50,55,57)/t29-,31-. The molecule has 0 radical (unpaired) electrons. The van der Waals surface area contributed by atoms with Gasteiger partial charge < -0.3 is 25.0 Å². The molecule has 3 N–H and O–H groups in total. The first-order valence-electron chi connectivity index (χ1n) is 20.6. The molecule has 3 amide bonds. The lowest BCUT2D eigenvalue weighted by Gasteiger charge is -2.29. The van der Waals surface area contributed by atoms with Crippen LogP contribution >= 0.6 is 0 Å². The van der Waals surface area contributed by atoms with Gasteiger partial charge in [-0.3, -0.25) is 24.4 Å². The van der Waals surface area contributed by atoms with Crippen molar-refractivity contribution in [3.05, 3.63) is 95.1 Å². The fourth-order valence-electron chi connectivity index (χ4n) is 8.20. The van der Waals surface area contributed by atoms with E-state index < -0.39 is 23.9 Å². The average Bonchev–Trinajstić information content (AvgIpc) is 3.87. The Morgan fingerprint density at radius 2 is 1.78 bits per heavy atom. The first kappa shape index (κ1) is 40.1. The lowest BCUT2D eigenvalue weighted by molar-refractivity contribution is -0.119. The molecule has 1 aliphatic carbocycles. The molecule has 0 unspecified atom stereocenters. The van der Waals surface area contributed by atoms with Gasteiger partial charge in [0.05, 0.1) is 43.1 Å². The number of amides is 3. The number of halogens is 2. The number of nitrogens with zero attached hydrogens (tertiary/aromatic N) is 6. The maximum atomic E-state index is 14.2. The Bertz CT molecular complexity index is 2260. The van der Waals surface area contributed by atoms with Gasteiger partial charge in [-0.2, -0.15) is 10.2 Å². The number of carbonyl (C=O) groups is 3. The molecule has 2 aliphatic heterocycles. The fraction of sp³-hybridized carbons (Fsp3) is 0.442. The van der Waals surface area contributed by atoms with Gasteiger partial charge in [0.1, 0.15) is 22.9 Å². The van der Waals surface area contributed by atoms with Gasteiger partial charge in [0.2, 0.25) is 5.91 Å². The second-order valence-electron chi connectivity index (χ2n) is 15.5. The molecule has 5 aromatic rings. The molecule has 310 valence electrons. The van der Waals surface area contributed by atoms with E-state index in [0.717, 1.165) is 70.9 Å². The van der Waals surface area contributed by atoms with E-state index in [0.29, 0.717) is 66.3 Å². The third-order valence-electron chi connectivity index (χ3n) is 11.4. The quantitative estimate of drug-likeness (QED) is 0.0726. The van der Waals surface area contributed by atoms with E-state index in [-0.39, 0.29) is 29.6 Å². The third kappa shape index (κ3) is 9.60. The molecule has 14 nitrogen and oxygen atoms in total. The van der Waals surface area contributed by atoms with Gasteiger partial charge in [-0.25, -0.2) is 18.3 Å². The number of unbranched alkanes of at least 4 members (excludes halogenated alkanes) is 3. The van der Waals surface area contributed by atoms with Gasteiger partial charge in [0.15, 0.2) is 11.3 Å². The average molecular weight is 810 g/mol. The van der Waals surface area contributed by atoms with Crippen molar-refractivity contribution in [3.63, 3.8) is 0 Å². The van der Waals surface area contributed by atoms with Crippen LogP contribution in [-0.4, -0.2) is 81.5 Å². The monoisotopic (exact) mass is 809 g/mol. The van der Waals surface area contributed by atoms with Crippen molar-refractivity contribution in [2.45, 2.75) is 76.7 Å². The van der Waals surface area contributed by atoms with Crippen LogP contribution < -0.4 is 25.6 Å². The highest BCUT2D eigenvalue weighted by molar-refractivity contribution is 6.11. The van der Waals surface area contributed by atoms with E-state index in [1.165, 1.54) is 22.5 Å². The zero-order valence-electron chi connectivity index (χ0n) is 32.9. The zero-order valence-corrected chi connectivity index (χ0v) is 32.9. The molecule has 1 saturated carbocycles. The highest BCUT2D eigenvalue weighted by Gasteiger charge is 2.29. The van der Waals surface area contributed by atoms with Crippen molar-refractivity contribution in [2.75, 3.05) is 49.6 Å². The highest BCUT2D eigenvalue weighted by atomic mass is 19.3. The zero-order chi connectivity index (χ0) is 40.7. The van der Waals surface area contributed by atoms with Gasteiger partial charge in [-0.05, 0) is 99.3 Å². The van der Waals surface area contributed by atoms with Crippen LogP contribution in [-0.2, 0) is 22.4 Å². The van der Waals surface area contributed by atoms with Gasteiger partial charge >= 0.3 is 0 Å². The predicted octanol–water partition coefficient (Wildman–Crippen LogP) is 6.68. The summed E-state index contributed by atoms with van der Waals surface area (Å²) in [6, 6.07) is 15.1. The Labute approximate surface area is 340 Å². The fourth-order valence-corrected chi connectivity index (χ4v) is 8.20. The van der Waals surface area contributed by atoms with Crippen molar-refractivity contribution in [1.82, 2.24) is 35.0 Å². The Morgan fingerprint density at radius 1 is 0.983 bits per heavy atom. The van der Waals surface area contributed by atoms with Crippen LogP contribution in [0.25, 0.3) is 5.65 Å². The minimum absolute atomic E-state index is 0.000435. The van der Waals surface area contributed by atoms with Crippen molar-refractivity contribution in [1.29, 1.82) is 0 Å². The van der Waals surface area contributed by atoms with E-state index in [1.54, 1.807) is 29.1 Å². The Balaban J connectivity index is 0.734. The molecule has 3 aliphatic rings. The number of anilines is 2. The molecule has 0 atom stereocenters. The summed E-state index contributed by atoms with van der Waals surface area (Å²) in [7, 11) is 0. The van der Waals surface area contributed by atoms with Crippen LogP contribution in [0.4, 0.5) is 20.3 Å². The Morgan fingerprint density at radius 3 is 2.58 bits per heavy atom. The number of fused-ring (bicyclic) bond motifs is 2. The summed E-state index contributed by atoms with van der Waals surface area (Å²) in [6.45, 7) is 4.43. The summed E-state index contributed by atoms with van der Waals surface area (Å²) in [5.74, 6) is 0.992. The third-order valence-corrected chi connectivity index (χ3v) is 11.4. The maximum Gasteiger partial charge on any atom is 0.284 e. The number of morpholine rings is 1. The van der Waals surface area contributed by atoms with Crippen molar-refractivity contribution in [2.24, 2.45) is 5.92 Å². The molecule has 5 heterocycles. The predicted molar refractivity (Wildman–Crippen MR) is 216 cm³/mol. The minimum atomic E-state index is -2.84. The number of rotatable bonds is 16. The van der Waals surface area contributed by atoms with E-state index in [2.05, 4.69) is 48.2 Å². The van der Waals surface area contributed by atoms with Crippen molar-refractivity contribution < 1.29 is 32.6 Å². The number of hydrogen-bond acceptors (Lipinski definition) is 10. The molecular formula is C43H49F2N9O5.